The molecular formula is C16H21N3S. The second-order valence-electron chi connectivity index (χ2n) is 5.38. The molecule has 3 rings (SSSR count). The Kier molecular flexibility index (Phi) is 4.13. The van der Waals surface area contributed by atoms with Crippen molar-refractivity contribution in [3.8, 4) is 0 Å². The third kappa shape index (κ3) is 2.50. The number of nitrogens with zero attached hydrogens (tertiary/aromatic N) is 2. The van der Waals surface area contributed by atoms with Gasteiger partial charge in [0, 0.05) is 6.04 Å². The first-order chi connectivity index (χ1) is 9.83. The van der Waals surface area contributed by atoms with Crippen molar-refractivity contribution in [2.45, 2.75) is 45.1 Å². The van der Waals surface area contributed by atoms with Crippen LogP contribution in [0.2, 0.25) is 0 Å². The van der Waals surface area contributed by atoms with Crippen molar-refractivity contribution in [1.82, 2.24) is 14.9 Å². The lowest BCUT2D eigenvalue weighted by atomic mass is 9.74. The van der Waals surface area contributed by atoms with Crippen molar-refractivity contribution in [3.05, 3.63) is 46.0 Å². The lowest BCUT2D eigenvalue weighted by molar-refractivity contribution is 0.438. The molecule has 0 spiro atoms. The minimum absolute atomic E-state index is 0.397. The van der Waals surface area contributed by atoms with Gasteiger partial charge in [-0.15, -0.1) is 5.10 Å². The molecule has 4 heteroatoms. The van der Waals surface area contributed by atoms with E-state index in [-0.39, 0.29) is 0 Å². The Hall–Kier alpha value is -1.26. The molecule has 0 saturated carbocycles. The average molecular weight is 287 g/mol. The number of aryl methyl sites for hydroxylation is 1. The van der Waals surface area contributed by atoms with Crippen molar-refractivity contribution in [2.75, 3.05) is 6.54 Å². The largest absolute Gasteiger partial charge is 0.309 e. The molecule has 0 aliphatic heterocycles. The van der Waals surface area contributed by atoms with E-state index < -0.39 is 0 Å². The standard InChI is InChI=1S/C16H21N3S/c1-3-14-16(20-19-18-14)15(17-4-2)10-12-9-11-7-5-6-8-13(11)12/h5-8,12,15,17H,3-4,9-10H2,1-2H3. The summed E-state index contributed by atoms with van der Waals surface area (Å²) in [4.78, 5) is 1.33. The minimum Gasteiger partial charge on any atom is -0.309 e. The molecule has 0 bridgehead atoms. The highest BCUT2D eigenvalue weighted by Crippen LogP contribution is 2.41. The monoisotopic (exact) mass is 287 g/mol. The highest BCUT2D eigenvalue weighted by molar-refractivity contribution is 7.05. The van der Waals surface area contributed by atoms with Crippen molar-refractivity contribution < 1.29 is 0 Å². The molecule has 0 amide bonds. The van der Waals surface area contributed by atoms with E-state index >= 15 is 0 Å². The Bertz CT molecular complexity index is 579. The van der Waals surface area contributed by atoms with E-state index in [0.717, 1.165) is 25.1 Å². The first-order valence-corrected chi connectivity index (χ1v) is 8.23. The Morgan fingerprint density at radius 2 is 2.20 bits per heavy atom. The SMILES string of the molecule is CCNC(CC1Cc2ccccc21)c1snnc1CC. The average Bonchev–Trinajstić information content (AvgIpc) is 2.92. The van der Waals surface area contributed by atoms with E-state index in [4.69, 9.17) is 0 Å². The van der Waals surface area contributed by atoms with Crippen LogP contribution in [0, 0.1) is 0 Å². The van der Waals surface area contributed by atoms with Crippen LogP contribution in [0.5, 0.6) is 0 Å². The zero-order valence-electron chi connectivity index (χ0n) is 12.1. The molecule has 2 unspecified atom stereocenters. The predicted octanol–water partition coefficient (Wildman–Crippen LogP) is 3.48. The maximum absolute atomic E-state index is 4.26. The number of hydrogen-bond donors (Lipinski definition) is 1. The summed E-state index contributed by atoms with van der Waals surface area (Å²) in [7, 11) is 0. The second-order valence-corrected chi connectivity index (χ2v) is 6.17. The molecule has 1 heterocycles. The number of fused-ring (bicyclic) bond motifs is 1. The first-order valence-electron chi connectivity index (χ1n) is 7.45. The molecule has 1 aliphatic rings. The van der Waals surface area contributed by atoms with Crippen LogP contribution in [0.15, 0.2) is 24.3 Å². The molecule has 0 fully saturated rings. The van der Waals surface area contributed by atoms with Gasteiger partial charge in [-0.05, 0) is 54.4 Å². The van der Waals surface area contributed by atoms with Gasteiger partial charge >= 0.3 is 0 Å². The van der Waals surface area contributed by atoms with Crippen molar-refractivity contribution >= 4 is 11.5 Å². The maximum atomic E-state index is 4.26. The summed E-state index contributed by atoms with van der Waals surface area (Å²) >= 11 is 1.56. The van der Waals surface area contributed by atoms with Gasteiger partial charge in [0.05, 0.1) is 10.6 Å². The zero-order chi connectivity index (χ0) is 13.9. The van der Waals surface area contributed by atoms with Gasteiger partial charge in [-0.2, -0.15) is 0 Å². The number of rotatable bonds is 6. The maximum Gasteiger partial charge on any atom is 0.0800 e. The van der Waals surface area contributed by atoms with Gasteiger partial charge in [0.15, 0.2) is 0 Å². The van der Waals surface area contributed by atoms with Crippen LogP contribution in [0.25, 0.3) is 0 Å². The van der Waals surface area contributed by atoms with Crippen LogP contribution in [0.1, 0.15) is 53.9 Å². The molecule has 1 aliphatic carbocycles. The van der Waals surface area contributed by atoms with Gasteiger partial charge in [0.1, 0.15) is 0 Å². The summed E-state index contributed by atoms with van der Waals surface area (Å²) < 4.78 is 4.14. The molecule has 20 heavy (non-hydrogen) atoms. The summed E-state index contributed by atoms with van der Waals surface area (Å²) in [5.74, 6) is 0.682. The third-order valence-corrected chi connectivity index (χ3v) is 5.05. The fourth-order valence-corrected chi connectivity index (χ4v) is 3.94. The molecule has 1 N–H and O–H groups in total. The number of benzene rings is 1. The van der Waals surface area contributed by atoms with Gasteiger partial charge in [-0.3, -0.25) is 0 Å². The van der Waals surface area contributed by atoms with E-state index in [0.29, 0.717) is 12.0 Å². The normalized spacial score (nSPS) is 18.4. The molecule has 0 saturated heterocycles. The fourth-order valence-electron chi connectivity index (χ4n) is 3.11. The summed E-state index contributed by atoms with van der Waals surface area (Å²) in [6, 6.07) is 9.21. The lowest BCUT2D eigenvalue weighted by Gasteiger charge is -2.33. The van der Waals surface area contributed by atoms with Crippen LogP contribution in [0.3, 0.4) is 0 Å². The lowest BCUT2D eigenvalue weighted by Crippen LogP contribution is -2.27. The van der Waals surface area contributed by atoms with Crippen molar-refractivity contribution in [2.24, 2.45) is 0 Å². The molecule has 1 aromatic heterocycles. The van der Waals surface area contributed by atoms with E-state index in [1.54, 1.807) is 11.5 Å². The van der Waals surface area contributed by atoms with Gasteiger partial charge in [0.2, 0.25) is 0 Å². The topological polar surface area (TPSA) is 37.8 Å². The number of aromatic nitrogens is 2. The van der Waals surface area contributed by atoms with Gasteiger partial charge in [-0.25, -0.2) is 0 Å². The number of nitrogens with one attached hydrogen (secondary N) is 1. The van der Waals surface area contributed by atoms with E-state index in [1.807, 2.05) is 0 Å². The smallest absolute Gasteiger partial charge is 0.0800 e. The van der Waals surface area contributed by atoms with Gasteiger partial charge in [-0.1, -0.05) is 42.6 Å². The van der Waals surface area contributed by atoms with Crippen LogP contribution in [0.4, 0.5) is 0 Å². The Labute approximate surface area is 124 Å². The van der Waals surface area contributed by atoms with Crippen LogP contribution in [-0.2, 0) is 12.8 Å². The summed E-state index contributed by atoms with van der Waals surface area (Å²) in [5, 5.41) is 7.88. The molecule has 3 nitrogen and oxygen atoms in total. The first kappa shape index (κ1) is 13.7. The van der Waals surface area contributed by atoms with Crippen LogP contribution in [-0.4, -0.2) is 16.1 Å². The quantitative estimate of drug-likeness (QED) is 0.884. The predicted molar refractivity (Wildman–Crippen MR) is 83.2 cm³/mol. The Balaban J connectivity index is 1.76. The molecule has 2 atom stereocenters. The van der Waals surface area contributed by atoms with Crippen LogP contribution >= 0.6 is 11.5 Å². The molecule has 106 valence electrons. The highest BCUT2D eigenvalue weighted by atomic mass is 32.1. The molecular weight excluding hydrogens is 266 g/mol. The van der Waals surface area contributed by atoms with Crippen LogP contribution < -0.4 is 5.32 Å². The van der Waals surface area contributed by atoms with Crippen molar-refractivity contribution in [3.63, 3.8) is 0 Å². The van der Waals surface area contributed by atoms with E-state index in [9.17, 15) is 0 Å². The minimum atomic E-state index is 0.397. The second kappa shape index (κ2) is 6.02. The van der Waals surface area contributed by atoms with E-state index in [2.05, 4.69) is 53.0 Å². The molecule has 0 radical (unpaired) electrons. The molecule has 1 aromatic carbocycles. The molecule has 2 aromatic rings. The zero-order valence-corrected chi connectivity index (χ0v) is 12.9. The Morgan fingerprint density at radius 3 is 2.95 bits per heavy atom. The van der Waals surface area contributed by atoms with Gasteiger partial charge in [0.25, 0.3) is 0 Å². The van der Waals surface area contributed by atoms with E-state index in [1.165, 1.54) is 22.4 Å². The number of hydrogen-bond acceptors (Lipinski definition) is 4. The van der Waals surface area contributed by atoms with Gasteiger partial charge < -0.3 is 5.32 Å². The third-order valence-electron chi connectivity index (χ3n) is 4.17. The Morgan fingerprint density at radius 1 is 1.35 bits per heavy atom. The summed E-state index contributed by atoms with van der Waals surface area (Å²) in [6.07, 6.45) is 3.34. The highest BCUT2D eigenvalue weighted by Gasteiger charge is 2.29. The summed E-state index contributed by atoms with van der Waals surface area (Å²) in [5.41, 5.74) is 4.21. The fraction of sp³-hybridized carbons (Fsp3) is 0.500. The van der Waals surface area contributed by atoms with Crippen molar-refractivity contribution in [1.29, 1.82) is 0 Å². The summed E-state index contributed by atoms with van der Waals surface area (Å²) in [6.45, 7) is 5.31.